The van der Waals surface area contributed by atoms with Crippen LogP contribution in [0.15, 0.2) is 12.2 Å². The normalized spacial score (nSPS) is 20.1. The zero-order chi connectivity index (χ0) is 15.1. The molecule has 0 aromatic rings. The largest absolute Gasteiger partial charge is 0.452 e. The van der Waals surface area contributed by atoms with Gasteiger partial charge in [-0.1, -0.05) is 6.92 Å². The van der Waals surface area contributed by atoms with Gasteiger partial charge in [0.25, 0.3) is 17.7 Å². The summed E-state index contributed by atoms with van der Waals surface area (Å²) in [5.74, 6) is -2.00. The minimum absolute atomic E-state index is 0.0473. The molecule has 0 aliphatic carbocycles. The molecular formula is C12H14N2O6. The van der Waals surface area contributed by atoms with Crippen LogP contribution in [0.2, 0.25) is 0 Å². The summed E-state index contributed by atoms with van der Waals surface area (Å²) in [4.78, 5) is 52.6. The average molecular weight is 282 g/mol. The van der Waals surface area contributed by atoms with Crippen LogP contribution in [0.25, 0.3) is 0 Å². The van der Waals surface area contributed by atoms with Gasteiger partial charge in [-0.05, 0) is 6.42 Å². The molecule has 20 heavy (non-hydrogen) atoms. The van der Waals surface area contributed by atoms with Crippen molar-refractivity contribution in [2.45, 2.75) is 32.3 Å². The fourth-order valence-electron chi connectivity index (χ4n) is 1.40. The Morgan fingerprint density at radius 3 is 2.15 bits per heavy atom. The number of ether oxygens (including phenoxy) is 1. The molecule has 2 heterocycles. The first-order valence-electron chi connectivity index (χ1n) is 5.98. The van der Waals surface area contributed by atoms with E-state index in [1.165, 1.54) is 12.2 Å². The molecule has 1 saturated heterocycles. The molecule has 0 bridgehead atoms. The predicted octanol–water partition coefficient (Wildman–Crippen LogP) is -1.06. The van der Waals surface area contributed by atoms with E-state index >= 15 is 0 Å². The topological polar surface area (TPSA) is 119 Å². The number of carbonyl (C=O) groups is 5. The van der Waals surface area contributed by atoms with Crippen LogP contribution in [0.3, 0.4) is 0 Å². The third-order valence-electron chi connectivity index (χ3n) is 2.29. The Bertz CT molecular complexity index is 466. The third kappa shape index (κ3) is 5.01. The number of nitrogens with one attached hydrogen (secondary N) is 2. The van der Waals surface area contributed by atoms with Crippen molar-refractivity contribution in [2.75, 3.05) is 0 Å². The lowest BCUT2D eigenvalue weighted by molar-refractivity contribution is -0.154. The van der Waals surface area contributed by atoms with Gasteiger partial charge in [-0.2, -0.15) is 0 Å². The van der Waals surface area contributed by atoms with Gasteiger partial charge < -0.3 is 4.74 Å². The highest BCUT2D eigenvalue weighted by Gasteiger charge is 2.33. The van der Waals surface area contributed by atoms with Crippen LogP contribution in [0.5, 0.6) is 0 Å². The lowest BCUT2D eigenvalue weighted by Gasteiger charge is -2.06. The molecule has 0 saturated carbocycles. The van der Waals surface area contributed by atoms with Crippen LogP contribution >= 0.6 is 0 Å². The minimum atomic E-state index is -0.911. The van der Waals surface area contributed by atoms with Gasteiger partial charge in [0, 0.05) is 18.6 Å². The molecule has 1 fully saturated rings. The Morgan fingerprint density at radius 1 is 1.20 bits per heavy atom. The van der Waals surface area contributed by atoms with E-state index in [2.05, 4.69) is 5.32 Å². The quantitative estimate of drug-likeness (QED) is 0.503. The fourth-order valence-corrected chi connectivity index (χ4v) is 1.40. The highest BCUT2D eigenvalue weighted by Crippen LogP contribution is 2.07. The molecule has 1 atom stereocenters. The van der Waals surface area contributed by atoms with Gasteiger partial charge >= 0.3 is 5.97 Å². The van der Waals surface area contributed by atoms with Crippen molar-refractivity contribution in [1.29, 1.82) is 0 Å². The van der Waals surface area contributed by atoms with Gasteiger partial charge in [0.15, 0.2) is 6.10 Å². The summed E-state index contributed by atoms with van der Waals surface area (Å²) in [5.41, 5.74) is 0. The van der Waals surface area contributed by atoms with Crippen LogP contribution in [0, 0.1) is 0 Å². The van der Waals surface area contributed by atoms with Crippen molar-refractivity contribution in [3.63, 3.8) is 0 Å². The van der Waals surface area contributed by atoms with Crippen LogP contribution in [0.4, 0.5) is 0 Å². The molecule has 2 aliphatic rings. The van der Waals surface area contributed by atoms with E-state index in [0.717, 1.165) is 0 Å². The number of imide groups is 2. The van der Waals surface area contributed by atoms with Crippen molar-refractivity contribution in [1.82, 2.24) is 10.6 Å². The van der Waals surface area contributed by atoms with E-state index in [4.69, 9.17) is 4.74 Å². The van der Waals surface area contributed by atoms with E-state index in [-0.39, 0.29) is 30.6 Å². The zero-order valence-electron chi connectivity index (χ0n) is 10.8. The number of hydrogen-bond donors (Lipinski definition) is 2. The van der Waals surface area contributed by atoms with E-state index in [0.29, 0.717) is 6.42 Å². The molecule has 8 heteroatoms. The van der Waals surface area contributed by atoms with Gasteiger partial charge in [0.2, 0.25) is 5.91 Å². The first-order valence-corrected chi connectivity index (χ1v) is 5.98. The molecule has 108 valence electrons. The summed E-state index contributed by atoms with van der Waals surface area (Å²) >= 11 is 0. The lowest BCUT2D eigenvalue weighted by Crippen LogP contribution is -2.28. The number of rotatable bonds is 3. The van der Waals surface area contributed by atoms with Crippen LogP contribution < -0.4 is 10.6 Å². The molecule has 2 N–H and O–H groups in total. The Labute approximate surface area is 114 Å². The van der Waals surface area contributed by atoms with Crippen LogP contribution in [-0.4, -0.2) is 35.7 Å². The third-order valence-corrected chi connectivity index (χ3v) is 2.29. The summed E-state index contributed by atoms with van der Waals surface area (Å²) in [6.07, 6.45) is 2.38. The van der Waals surface area contributed by atoms with Crippen molar-refractivity contribution in [3.05, 3.63) is 12.2 Å². The molecule has 2 aliphatic heterocycles. The van der Waals surface area contributed by atoms with Crippen molar-refractivity contribution < 1.29 is 28.7 Å². The second-order valence-electron chi connectivity index (χ2n) is 4.03. The second kappa shape index (κ2) is 7.17. The molecule has 0 radical (unpaired) electrons. The molecule has 4 amide bonds. The van der Waals surface area contributed by atoms with Crippen LogP contribution in [0.1, 0.15) is 26.2 Å². The summed E-state index contributed by atoms with van der Waals surface area (Å²) in [6.45, 7) is 1.83. The smallest absolute Gasteiger partial charge is 0.306 e. The maximum Gasteiger partial charge on any atom is 0.306 e. The molecule has 8 nitrogen and oxygen atoms in total. The fraction of sp³-hybridized carbons (Fsp3) is 0.417. The summed E-state index contributed by atoms with van der Waals surface area (Å²) in [5, 5.41) is 4.09. The number of hydrogen-bond acceptors (Lipinski definition) is 6. The number of carbonyl (C=O) groups excluding carboxylic acids is 5. The molecule has 2 rings (SSSR count). The molecule has 0 aromatic carbocycles. The highest BCUT2D eigenvalue weighted by molar-refractivity contribution is 6.12. The Balaban J connectivity index is 0.000000240. The van der Waals surface area contributed by atoms with E-state index in [1.54, 1.807) is 0 Å². The molecule has 0 spiro atoms. The Kier molecular flexibility index (Phi) is 5.57. The lowest BCUT2D eigenvalue weighted by atomic mass is 10.3. The highest BCUT2D eigenvalue weighted by atomic mass is 16.5. The second-order valence-corrected chi connectivity index (χ2v) is 4.03. The Morgan fingerprint density at radius 2 is 1.80 bits per heavy atom. The monoisotopic (exact) mass is 282 g/mol. The van der Waals surface area contributed by atoms with E-state index in [1.807, 2.05) is 12.2 Å². The average Bonchev–Trinajstić information content (AvgIpc) is 2.86. The molecule has 1 unspecified atom stereocenters. The zero-order valence-corrected chi connectivity index (χ0v) is 10.8. The predicted molar refractivity (Wildman–Crippen MR) is 64.8 cm³/mol. The molecule has 0 aromatic heterocycles. The first kappa shape index (κ1) is 15.5. The van der Waals surface area contributed by atoms with Gasteiger partial charge in [0.05, 0.1) is 6.42 Å². The maximum atomic E-state index is 10.9. The van der Waals surface area contributed by atoms with Crippen molar-refractivity contribution in [3.8, 4) is 0 Å². The van der Waals surface area contributed by atoms with Gasteiger partial charge in [-0.25, -0.2) is 0 Å². The van der Waals surface area contributed by atoms with E-state index < -0.39 is 18.0 Å². The summed E-state index contributed by atoms with van der Waals surface area (Å²) in [6, 6.07) is 0. The Hall–Kier alpha value is -2.51. The number of esters is 1. The first-order chi connectivity index (χ1) is 9.42. The summed E-state index contributed by atoms with van der Waals surface area (Å²) in [7, 11) is 0. The van der Waals surface area contributed by atoms with E-state index in [9.17, 15) is 24.0 Å². The molecular weight excluding hydrogens is 268 g/mol. The minimum Gasteiger partial charge on any atom is -0.452 e. The number of amides is 4. The van der Waals surface area contributed by atoms with Gasteiger partial charge in [-0.15, -0.1) is 0 Å². The standard InChI is InChI=1S/C8H11NO4.C4H3NO2/c1-2-3-7(11)13-5-4-6(10)9-8(5)12;6-3-1-2-4(7)5-3/h5H,2-4H2,1H3,(H,9,10,12);1-2H,(H,5,6,7). The van der Waals surface area contributed by atoms with Gasteiger partial charge in [0.1, 0.15) is 0 Å². The van der Waals surface area contributed by atoms with Gasteiger partial charge in [-0.3, -0.25) is 34.6 Å². The maximum absolute atomic E-state index is 10.9. The van der Waals surface area contributed by atoms with Crippen molar-refractivity contribution in [2.24, 2.45) is 0 Å². The van der Waals surface area contributed by atoms with Crippen LogP contribution in [-0.2, 0) is 28.7 Å². The SMILES string of the molecule is CCCC(=O)OC1CC(=O)NC1=O.O=C1C=CC(=O)N1. The van der Waals surface area contributed by atoms with Crippen molar-refractivity contribution >= 4 is 29.6 Å². The summed E-state index contributed by atoms with van der Waals surface area (Å²) < 4.78 is 4.76.